The highest BCUT2D eigenvalue weighted by Gasteiger charge is 2.01. The standard InChI is InChI=1S/C11H18O2/c1-4-6-7-8-9-13-11(12)10(3)5-2/h5-7H,4,8-9H2,1-3H3/b7-6+,10-5+. The van der Waals surface area contributed by atoms with E-state index < -0.39 is 0 Å². The van der Waals surface area contributed by atoms with Gasteiger partial charge in [0, 0.05) is 5.57 Å². The molecule has 0 aliphatic carbocycles. The van der Waals surface area contributed by atoms with Crippen molar-refractivity contribution in [1.29, 1.82) is 0 Å². The smallest absolute Gasteiger partial charge is 0.333 e. The monoisotopic (exact) mass is 182 g/mol. The number of hydrogen-bond donors (Lipinski definition) is 0. The number of ether oxygens (including phenoxy) is 1. The number of rotatable bonds is 5. The zero-order chi connectivity index (χ0) is 10.1. The highest BCUT2D eigenvalue weighted by Crippen LogP contribution is 1.97. The molecule has 2 heteroatoms. The minimum Gasteiger partial charge on any atom is -0.462 e. The predicted octanol–water partition coefficient (Wildman–Crippen LogP) is 2.85. The van der Waals surface area contributed by atoms with Crippen molar-refractivity contribution < 1.29 is 9.53 Å². The van der Waals surface area contributed by atoms with Crippen molar-refractivity contribution in [1.82, 2.24) is 0 Å². The fraction of sp³-hybridized carbons (Fsp3) is 0.545. The SMILES string of the molecule is C/C=C(\C)C(=O)OCC/C=C/CC. The maximum Gasteiger partial charge on any atom is 0.333 e. The quantitative estimate of drug-likeness (QED) is 0.283. The highest BCUT2D eigenvalue weighted by molar-refractivity contribution is 5.87. The molecule has 0 atom stereocenters. The predicted molar refractivity (Wildman–Crippen MR) is 54.4 cm³/mol. The normalized spacial score (nSPS) is 12.1. The maximum atomic E-state index is 11.1. The summed E-state index contributed by atoms with van der Waals surface area (Å²) in [6.45, 7) is 6.13. The lowest BCUT2D eigenvalue weighted by atomic mass is 10.3. The van der Waals surface area contributed by atoms with Crippen molar-refractivity contribution in [3.8, 4) is 0 Å². The van der Waals surface area contributed by atoms with Crippen molar-refractivity contribution >= 4 is 5.97 Å². The fourth-order valence-electron chi connectivity index (χ4n) is 0.736. The van der Waals surface area contributed by atoms with Gasteiger partial charge >= 0.3 is 5.97 Å². The second-order valence-electron chi connectivity index (χ2n) is 2.78. The lowest BCUT2D eigenvalue weighted by Crippen LogP contribution is -2.06. The van der Waals surface area contributed by atoms with Crippen LogP contribution in [0.5, 0.6) is 0 Å². The summed E-state index contributed by atoms with van der Waals surface area (Å²) in [6.07, 6.45) is 7.68. The Morgan fingerprint density at radius 2 is 2.08 bits per heavy atom. The second-order valence-corrected chi connectivity index (χ2v) is 2.78. The van der Waals surface area contributed by atoms with E-state index in [2.05, 4.69) is 13.0 Å². The number of esters is 1. The summed E-state index contributed by atoms with van der Waals surface area (Å²) < 4.78 is 4.98. The van der Waals surface area contributed by atoms with E-state index in [1.807, 2.05) is 13.0 Å². The van der Waals surface area contributed by atoms with Gasteiger partial charge in [-0.15, -0.1) is 0 Å². The Balaban J connectivity index is 3.54. The number of hydrogen-bond acceptors (Lipinski definition) is 2. The molecule has 0 rings (SSSR count). The lowest BCUT2D eigenvalue weighted by molar-refractivity contribution is -0.138. The van der Waals surface area contributed by atoms with Crippen LogP contribution in [-0.4, -0.2) is 12.6 Å². The molecule has 13 heavy (non-hydrogen) atoms. The van der Waals surface area contributed by atoms with Crippen LogP contribution in [0.25, 0.3) is 0 Å². The molecule has 74 valence electrons. The molecule has 0 aliphatic heterocycles. The van der Waals surface area contributed by atoms with Crippen LogP contribution in [-0.2, 0) is 9.53 Å². The summed E-state index contributed by atoms with van der Waals surface area (Å²) in [6, 6.07) is 0. The Morgan fingerprint density at radius 1 is 1.38 bits per heavy atom. The van der Waals surface area contributed by atoms with Crippen LogP contribution >= 0.6 is 0 Å². The largest absolute Gasteiger partial charge is 0.462 e. The van der Waals surface area contributed by atoms with Gasteiger partial charge in [0.2, 0.25) is 0 Å². The van der Waals surface area contributed by atoms with Crippen molar-refractivity contribution in [3.63, 3.8) is 0 Å². The van der Waals surface area contributed by atoms with Gasteiger partial charge in [0.15, 0.2) is 0 Å². The average molecular weight is 182 g/mol. The molecule has 0 N–H and O–H groups in total. The Kier molecular flexibility index (Phi) is 6.98. The molecule has 0 aliphatic rings. The Bertz CT molecular complexity index is 202. The summed E-state index contributed by atoms with van der Waals surface area (Å²) in [5, 5.41) is 0. The van der Waals surface area contributed by atoms with Gasteiger partial charge in [0.25, 0.3) is 0 Å². The number of allylic oxidation sites excluding steroid dienone is 2. The molecule has 0 amide bonds. The highest BCUT2D eigenvalue weighted by atomic mass is 16.5. The lowest BCUT2D eigenvalue weighted by Gasteiger charge is -2.01. The first kappa shape index (κ1) is 11.9. The van der Waals surface area contributed by atoms with E-state index in [-0.39, 0.29) is 5.97 Å². The molecule has 0 aromatic carbocycles. The molecular weight excluding hydrogens is 164 g/mol. The van der Waals surface area contributed by atoms with Gasteiger partial charge in [-0.1, -0.05) is 25.2 Å². The van der Waals surface area contributed by atoms with Gasteiger partial charge < -0.3 is 4.74 Å². The summed E-state index contributed by atoms with van der Waals surface area (Å²) in [5.41, 5.74) is 0.666. The van der Waals surface area contributed by atoms with Crippen LogP contribution < -0.4 is 0 Å². The first-order valence-corrected chi connectivity index (χ1v) is 4.67. The van der Waals surface area contributed by atoms with Crippen molar-refractivity contribution in [2.75, 3.05) is 6.61 Å². The Labute approximate surface area is 80.3 Å². The molecule has 0 aromatic rings. The summed E-state index contributed by atoms with van der Waals surface area (Å²) >= 11 is 0. The van der Waals surface area contributed by atoms with Crippen LogP contribution in [0.4, 0.5) is 0 Å². The van der Waals surface area contributed by atoms with Gasteiger partial charge in [-0.05, 0) is 26.7 Å². The second kappa shape index (κ2) is 7.59. The third-order valence-corrected chi connectivity index (χ3v) is 1.68. The van der Waals surface area contributed by atoms with Gasteiger partial charge in [-0.2, -0.15) is 0 Å². The minimum absolute atomic E-state index is 0.215. The van der Waals surface area contributed by atoms with Crippen molar-refractivity contribution in [2.24, 2.45) is 0 Å². The van der Waals surface area contributed by atoms with E-state index in [0.29, 0.717) is 12.2 Å². The summed E-state index contributed by atoms with van der Waals surface area (Å²) in [5.74, 6) is -0.215. The van der Waals surface area contributed by atoms with Gasteiger partial charge in [-0.3, -0.25) is 0 Å². The molecule has 2 nitrogen and oxygen atoms in total. The molecule has 0 aromatic heterocycles. The van der Waals surface area contributed by atoms with Crippen LogP contribution in [0.3, 0.4) is 0 Å². The zero-order valence-corrected chi connectivity index (χ0v) is 8.67. The van der Waals surface area contributed by atoms with E-state index in [0.717, 1.165) is 12.8 Å². The molecule has 0 spiro atoms. The maximum absolute atomic E-state index is 11.1. The molecule has 0 bridgehead atoms. The van der Waals surface area contributed by atoms with Crippen LogP contribution in [0, 0.1) is 0 Å². The van der Waals surface area contributed by atoms with Crippen LogP contribution in [0.2, 0.25) is 0 Å². The van der Waals surface area contributed by atoms with Gasteiger partial charge in [-0.25, -0.2) is 4.79 Å². The minimum atomic E-state index is -0.215. The average Bonchev–Trinajstić information content (AvgIpc) is 2.16. The van der Waals surface area contributed by atoms with E-state index in [1.54, 1.807) is 13.0 Å². The topological polar surface area (TPSA) is 26.3 Å². The fourth-order valence-corrected chi connectivity index (χ4v) is 0.736. The number of carbonyl (C=O) groups excluding carboxylic acids is 1. The van der Waals surface area contributed by atoms with E-state index in [1.165, 1.54) is 0 Å². The molecule has 0 saturated carbocycles. The van der Waals surface area contributed by atoms with E-state index >= 15 is 0 Å². The first-order valence-electron chi connectivity index (χ1n) is 4.67. The zero-order valence-electron chi connectivity index (χ0n) is 8.67. The third-order valence-electron chi connectivity index (χ3n) is 1.68. The van der Waals surface area contributed by atoms with Crippen molar-refractivity contribution in [3.05, 3.63) is 23.8 Å². The third kappa shape index (κ3) is 6.14. The van der Waals surface area contributed by atoms with Crippen LogP contribution in [0.15, 0.2) is 23.8 Å². The number of carbonyl (C=O) groups is 1. The molecular formula is C11H18O2. The van der Waals surface area contributed by atoms with E-state index in [9.17, 15) is 4.79 Å². The van der Waals surface area contributed by atoms with Crippen molar-refractivity contribution in [2.45, 2.75) is 33.6 Å². The summed E-state index contributed by atoms with van der Waals surface area (Å²) in [4.78, 5) is 11.1. The molecule has 0 fully saturated rings. The van der Waals surface area contributed by atoms with Crippen LogP contribution in [0.1, 0.15) is 33.6 Å². The Hall–Kier alpha value is -1.05. The summed E-state index contributed by atoms with van der Waals surface area (Å²) in [7, 11) is 0. The molecule has 0 saturated heterocycles. The molecule has 0 unspecified atom stereocenters. The van der Waals surface area contributed by atoms with E-state index in [4.69, 9.17) is 4.74 Å². The molecule has 0 radical (unpaired) electrons. The Morgan fingerprint density at radius 3 is 2.62 bits per heavy atom. The van der Waals surface area contributed by atoms with Gasteiger partial charge in [0.1, 0.15) is 0 Å². The molecule has 0 heterocycles. The first-order chi connectivity index (χ1) is 6.22. The van der Waals surface area contributed by atoms with Gasteiger partial charge in [0.05, 0.1) is 6.61 Å².